The van der Waals surface area contributed by atoms with Crippen LogP contribution in [0.3, 0.4) is 0 Å². The van der Waals surface area contributed by atoms with Crippen LogP contribution in [0.5, 0.6) is 0 Å². The second-order valence-electron chi connectivity index (χ2n) is 8.08. The zero-order chi connectivity index (χ0) is 21.6. The van der Waals surface area contributed by atoms with Gasteiger partial charge in [0, 0.05) is 23.8 Å². The Morgan fingerprint density at radius 1 is 1.00 bits per heavy atom. The minimum Gasteiger partial charge on any atom is -0.468 e. The van der Waals surface area contributed by atoms with Gasteiger partial charge < -0.3 is 15.1 Å². The number of amides is 2. The Hall–Kier alpha value is -3.38. The molecule has 31 heavy (non-hydrogen) atoms. The molecule has 1 aliphatic carbocycles. The van der Waals surface area contributed by atoms with Gasteiger partial charge in [-0.25, -0.2) is 0 Å². The van der Waals surface area contributed by atoms with E-state index in [4.69, 9.17) is 4.42 Å². The number of hydrogen-bond acceptors (Lipinski definition) is 4. The normalized spacial score (nSPS) is 13.2. The smallest absolute Gasteiger partial charge is 0.251 e. The van der Waals surface area contributed by atoms with Gasteiger partial charge >= 0.3 is 0 Å². The lowest BCUT2D eigenvalue weighted by Crippen LogP contribution is -2.32. The van der Waals surface area contributed by atoms with Crippen LogP contribution < -0.4 is 10.6 Å². The highest BCUT2D eigenvalue weighted by Gasteiger charge is 2.23. The number of furan rings is 1. The van der Waals surface area contributed by atoms with Crippen LogP contribution in [0, 0.1) is 6.92 Å². The molecule has 3 aromatic rings. The van der Waals surface area contributed by atoms with Gasteiger partial charge in [0.05, 0.1) is 19.4 Å². The van der Waals surface area contributed by atoms with Crippen molar-refractivity contribution >= 4 is 17.5 Å². The van der Waals surface area contributed by atoms with Crippen LogP contribution >= 0.6 is 0 Å². The van der Waals surface area contributed by atoms with Crippen molar-refractivity contribution in [2.24, 2.45) is 0 Å². The quantitative estimate of drug-likeness (QED) is 0.549. The maximum Gasteiger partial charge on any atom is 0.251 e. The predicted octanol–water partition coefficient (Wildman–Crippen LogP) is 4.12. The van der Waals surface area contributed by atoms with Crippen LogP contribution in [-0.4, -0.2) is 29.3 Å². The maximum absolute atomic E-state index is 12.6. The first-order valence-electron chi connectivity index (χ1n) is 10.6. The van der Waals surface area contributed by atoms with Gasteiger partial charge in [-0.3, -0.25) is 14.5 Å². The molecule has 0 saturated heterocycles. The lowest BCUT2D eigenvalue weighted by molar-refractivity contribution is -0.117. The van der Waals surface area contributed by atoms with Crippen LogP contribution in [0.4, 0.5) is 5.69 Å². The molecule has 4 rings (SSSR count). The lowest BCUT2D eigenvalue weighted by Gasteiger charge is -2.21. The minimum atomic E-state index is -0.0872. The van der Waals surface area contributed by atoms with Crippen LogP contribution in [0.15, 0.2) is 71.3 Å². The van der Waals surface area contributed by atoms with Crippen molar-refractivity contribution in [2.45, 2.75) is 38.9 Å². The van der Waals surface area contributed by atoms with Gasteiger partial charge in [0.2, 0.25) is 5.91 Å². The molecule has 6 heteroatoms. The van der Waals surface area contributed by atoms with E-state index >= 15 is 0 Å². The average Bonchev–Trinajstić information content (AvgIpc) is 3.42. The van der Waals surface area contributed by atoms with E-state index in [2.05, 4.69) is 10.6 Å². The second-order valence-corrected chi connectivity index (χ2v) is 8.08. The molecule has 0 atom stereocenters. The van der Waals surface area contributed by atoms with Gasteiger partial charge in [0.25, 0.3) is 5.91 Å². The second kappa shape index (κ2) is 9.62. The topological polar surface area (TPSA) is 74.6 Å². The van der Waals surface area contributed by atoms with Crippen LogP contribution in [-0.2, 0) is 17.9 Å². The number of anilines is 1. The number of hydrogen-bond donors (Lipinski definition) is 2. The third kappa shape index (κ3) is 6.30. The fourth-order valence-corrected chi connectivity index (χ4v) is 3.35. The Morgan fingerprint density at radius 3 is 2.39 bits per heavy atom. The Morgan fingerprint density at radius 2 is 1.74 bits per heavy atom. The van der Waals surface area contributed by atoms with Gasteiger partial charge in [0.1, 0.15) is 5.76 Å². The summed E-state index contributed by atoms with van der Waals surface area (Å²) in [6.45, 7) is 3.31. The molecule has 2 N–H and O–H groups in total. The first-order chi connectivity index (χ1) is 15.0. The highest BCUT2D eigenvalue weighted by atomic mass is 16.3. The highest BCUT2D eigenvalue weighted by molar-refractivity contribution is 5.94. The molecule has 1 saturated carbocycles. The van der Waals surface area contributed by atoms with Crippen molar-refractivity contribution in [2.75, 3.05) is 11.9 Å². The molecule has 160 valence electrons. The van der Waals surface area contributed by atoms with Gasteiger partial charge in [-0.15, -0.1) is 0 Å². The van der Waals surface area contributed by atoms with E-state index in [0.29, 0.717) is 24.7 Å². The molecule has 1 fully saturated rings. The van der Waals surface area contributed by atoms with E-state index in [-0.39, 0.29) is 18.4 Å². The molecule has 0 radical (unpaired) electrons. The lowest BCUT2D eigenvalue weighted by atomic mass is 10.1. The van der Waals surface area contributed by atoms with Crippen molar-refractivity contribution < 1.29 is 14.0 Å². The number of nitrogens with zero attached hydrogens (tertiary/aromatic N) is 1. The fraction of sp³-hybridized carbons (Fsp3) is 0.280. The molecule has 1 aliphatic rings. The van der Waals surface area contributed by atoms with E-state index in [1.165, 1.54) is 0 Å². The average molecular weight is 418 g/mol. The van der Waals surface area contributed by atoms with E-state index < -0.39 is 0 Å². The molecule has 2 amide bonds. The molecular weight excluding hydrogens is 390 g/mol. The van der Waals surface area contributed by atoms with Gasteiger partial charge in [-0.1, -0.05) is 29.8 Å². The molecule has 1 aromatic heterocycles. The fourth-order valence-electron chi connectivity index (χ4n) is 3.35. The third-order valence-corrected chi connectivity index (χ3v) is 5.20. The van der Waals surface area contributed by atoms with Crippen LogP contribution in [0.25, 0.3) is 0 Å². The standard InChI is InChI=1S/C25H27N3O3/c1-18-4-10-21(11-5-18)26-24(29)17-28(16-23-3-2-14-31-23)15-19-6-8-20(9-7-19)25(30)27-22-12-13-22/h2-11,14,22H,12-13,15-17H2,1H3,(H,26,29)(H,27,30). The number of carbonyl (C=O) groups excluding carboxylic acids is 2. The summed E-state index contributed by atoms with van der Waals surface area (Å²) in [5.74, 6) is 0.679. The highest BCUT2D eigenvalue weighted by Crippen LogP contribution is 2.19. The summed E-state index contributed by atoms with van der Waals surface area (Å²) in [7, 11) is 0. The van der Waals surface area contributed by atoms with Crippen molar-refractivity contribution in [1.29, 1.82) is 0 Å². The Kier molecular flexibility index (Phi) is 6.48. The monoisotopic (exact) mass is 417 g/mol. The first kappa shape index (κ1) is 20.9. The van der Waals surface area contributed by atoms with E-state index in [1.807, 2.05) is 72.5 Å². The molecule has 0 bridgehead atoms. The van der Waals surface area contributed by atoms with Gasteiger partial charge in [-0.05, 0) is 61.7 Å². The predicted molar refractivity (Wildman–Crippen MR) is 120 cm³/mol. The van der Waals surface area contributed by atoms with Gasteiger partial charge in [-0.2, -0.15) is 0 Å². The Bertz CT molecular complexity index is 1010. The van der Waals surface area contributed by atoms with Crippen molar-refractivity contribution in [3.8, 4) is 0 Å². The van der Waals surface area contributed by atoms with E-state index in [9.17, 15) is 9.59 Å². The molecule has 1 heterocycles. The molecule has 2 aromatic carbocycles. The van der Waals surface area contributed by atoms with E-state index in [1.54, 1.807) is 6.26 Å². The largest absolute Gasteiger partial charge is 0.468 e. The summed E-state index contributed by atoms with van der Waals surface area (Å²) in [6, 6.07) is 19.4. The van der Waals surface area contributed by atoms with Crippen molar-refractivity contribution in [1.82, 2.24) is 10.2 Å². The Balaban J connectivity index is 1.39. The first-order valence-corrected chi connectivity index (χ1v) is 10.6. The number of carbonyl (C=O) groups is 2. The molecule has 0 unspecified atom stereocenters. The molecule has 6 nitrogen and oxygen atoms in total. The minimum absolute atomic E-state index is 0.0287. The zero-order valence-electron chi connectivity index (χ0n) is 17.6. The summed E-state index contributed by atoms with van der Waals surface area (Å²) >= 11 is 0. The molecule has 0 spiro atoms. The third-order valence-electron chi connectivity index (χ3n) is 5.20. The number of rotatable bonds is 9. The number of nitrogens with one attached hydrogen (secondary N) is 2. The van der Waals surface area contributed by atoms with E-state index in [0.717, 1.165) is 35.4 Å². The summed E-state index contributed by atoms with van der Waals surface area (Å²) in [5.41, 5.74) is 3.61. The maximum atomic E-state index is 12.6. The summed E-state index contributed by atoms with van der Waals surface area (Å²) in [6.07, 6.45) is 3.76. The molecule has 0 aliphatic heterocycles. The number of aryl methyl sites for hydroxylation is 1. The van der Waals surface area contributed by atoms with Gasteiger partial charge in [0.15, 0.2) is 0 Å². The van der Waals surface area contributed by atoms with Crippen molar-refractivity contribution in [3.63, 3.8) is 0 Å². The zero-order valence-corrected chi connectivity index (χ0v) is 17.6. The summed E-state index contributed by atoms with van der Waals surface area (Å²) in [4.78, 5) is 26.9. The van der Waals surface area contributed by atoms with Crippen LogP contribution in [0.2, 0.25) is 0 Å². The summed E-state index contributed by atoms with van der Waals surface area (Å²) in [5, 5.41) is 5.95. The van der Waals surface area contributed by atoms with Crippen molar-refractivity contribution in [3.05, 3.63) is 89.4 Å². The van der Waals surface area contributed by atoms with Crippen LogP contribution in [0.1, 0.15) is 40.1 Å². The summed E-state index contributed by atoms with van der Waals surface area (Å²) < 4.78 is 5.48. The SMILES string of the molecule is Cc1ccc(NC(=O)CN(Cc2ccc(C(=O)NC3CC3)cc2)Cc2ccco2)cc1. The Labute approximate surface area is 182 Å². The molecular formula is C25H27N3O3. The number of benzene rings is 2.